The summed E-state index contributed by atoms with van der Waals surface area (Å²) in [7, 11) is 4.10. The molecule has 1 aliphatic rings. The van der Waals surface area contributed by atoms with Crippen molar-refractivity contribution in [2.75, 3.05) is 32.1 Å². The molecular formula is C21H28N4OS. The molecule has 0 radical (unpaired) electrons. The molecule has 1 aromatic heterocycles. The van der Waals surface area contributed by atoms with E-state index in [9.17, 15) is 0 Å². The summed E-state index contributed by atoms with van der Waals surface area (Å²) in [6, 6.07) is 14.6. The number of anilines is 1. The number of nitrogens with one attached hydrogen (secondary N) is 1. The van der Waals surface area contributed by atoms with Gasteiger partial charge in [-0.15, -0.1) is 0 Å². The van der Waals surface area contributed by atoms with E-state index < -0.39 is 0 Å². The summed E-state index contributed by atoms with van der Waals surface area (Å²) < 4.78 is 5.70. The minimum absolute atomic E-state index is 0.263. The number of benzene rings is 1. The van der Waals surface area contributed by atoms with Crippen LogP contribution in [-0.2, 0) is 17.8 Å². The Morgan fingerprint density at radius 2 is 2.00 bits per heavy atom. The van der Waals surface area contributed by atoms with E-state index >= 15 is 0 Å². The molecule has 5 nitrogen and oxygen atoms in total. The maximum absolute atomic E-state index is 5.70. The second-order valence-corrected chi connectivity index (χ2v) is 7.45. The van der Waals surface area contributed by atoms with Crippen molar-refractivity contribution in [1.82, 2.24) is 15.2 Å². The molecule has 1 atom stereocenters. The fraction of sp³-hybridized carbons (Fsp3) is 0.429. The highest BCUT2D eigenvalue weighted by Gasteiger charge is 2.18. The van der Waals surface area contributed by atoms with E-state index in [-0.39, 0.29) is 6.10 Å². The quantitative estimate of drug-likeness (QED) is 0.740. The van der Waals surface area contributed by atoms with Gasteiger partial charge in [0.25, 0.3) is 0 Å². The molecule has 6 heteroatoms. The maximum atomic E-state index is 5.70. The van der Waals surface area contributed by atoms with Gasteiger partial charge in [-0.2, -0.15) is 0 Å². The van der Waals surface area contributed by atoms with Gasteiger partial charge in [0, 0.05) is 45.7 Å². The number of rotatable bonds is 7. The number of hydrogen-bond donors (Lipinski definition) is 1. The van der Waals surface area contributed by atoms with Crippen molar-refractivity contribution >= 4 is 23.0 Å². The van der Waals surface area contributed by atoms with Crippen molar-refractivity contribution in [3.63, 3.8) is 0 Å². The molecule has 1 fully saturated rings. The molecule has 144 valence electrons. The van der Waals surface area contributed by atoms with E-state index in [0.29, 0.717) is 6.54 Å². The fourth-order valence-corrected chi connectivity index (χ4v) is 3.34. The van der Waals surface area contributed by atoms with Crippen molar-refractivity contribution in [1.29, 1.82) is 0 Å². The maximum Gasteiger partial charge on any atom is 0.169 e. The van der Waals surface area contributed by atoms with Crippen LogP contribution in [0, 0.1) is 0 Å². The number of ether oxygens (including phenoxy) is 1. The van der Waals surface area contributed by atoms with Crippen LogP contribution in [0.3, 0.4) is 0 Å². The van der Waals surface area contributed by atoms with Gasteiger partial charge in [-0.1, -0.05) is 18.2 Å². The summed E-state index contributed by atoms with van der Waals surface area (Å²) >= 11 is 5.70. The average Bonchev–Trinajstić information content (AvgIpc) is 3.20. The number of hydrogen-bond acceptors (Lipinski definition) is 4. The highest BCUT2D eigenvalue weighted by Crippen LogP contribution is 2.16. The molecule has 1 aliphatic heterocycles. The second kappa shape index (κ2) is 9.67. The molecule has 1 aromatic carbocycles. The fourth-order valence-electron chi connectivity index (χ4n) is 3.12. The Morgan fingerprint density at radius 3 is 2.63 bits per heavy atom. The SMILES string of the molecule is CN(C)c1ccc(CN(Cc2ccccn2)C(=S)NCC2CCCO2)cc1. The molecule has 27 heavy (non-hydrogen) atoms. The largest absolute Gasteiger partial charge is 0.378 e. The lowest BCUT2D eigenvalue weighted by Gasteiger charge is -2.27. The third-order valence-corrected chi connectivity index (χ3v) is 5.10. The van der Waals surface area contributed by atoms with Gasteiger partial charge in [-0.25, -0.2) is 0 Å². The van der Waals surface area contributed by atoms with Gasteiger partial charge in [0.1, 0.15) is 0 Å². The van der Waals surface area contributed by atoms with Crippen molar-refractivity contribution in [3.8, 4) is 0 Å². The molecule has 1 saturated heterocycles. The Balaban J connectivity index is 1.67. The number of pyridine rings is 1. The van der Waals surface area contributed by atoms with Crippen LogP contribution in [0.2, 0.25) is 0 Å². The molecule has 0 spiro atoms. The topological polar surface area (TPSA) is 40.6 Å². The Hall–Kier alpha value is -2.18. The van der Waals surface area contributed by atoms with Crippen molar-refractivity contribution in [2.45, 2.75) is 32.0 Å². The monoisotopic (exact) mass is 384 g/mol. The third kappa shape index (κ3) is 5.91. The van der Waals surface area contributed by atoms with Crippen LogP contribution in [0.1, 0.15) is 24.1 Å². The van der Waals surface area contributed by atoms with Crippen LogP contribution >= 0.6 is 12.2 Å². The van der Waals surface area contributed by atoms with Crippen molar-refractivity contribution in [3.05, 3.63) is 59.9 Å². The molecule has 0 amide bonds. The smallest absolute Gasteiger partial charge is 0.169 e. The zero-order chi connectivity index (χ0) is 19.1. The molecule has 2 aromatic rings. The van der Waals surface area contributed by atoms with Gasteiger partial charge in [0.15, 0.2) is 5.11 Å². The first-order valence-electron chi connectivity index (χ1n) is 9.42. The van der Waals surface area contributed by atoms with Gasteiger partial charge < -0.3 is 19.9 Å². The van der Waals surface area contributed by atoms with Crippen molar-refractivity contribution < 1.29 is 4.74 Å². The van der Waals surface area contributed by atoms with Crippen molar-refractivity contribution in [2.24, 2.45) is 0 Å². The lowest BCUT2D eigenvalue weighted by atomic mass is 10.2. The summed E-state index contributed by atoms with van der Waals surface area (Å²) in [6.07, 6.45) is 4.32. The van der Waals surface area contributed by atoms with E-state index in [0.717, 1.165) is 43.3 Å². The minimum atomic E-state index is 0.263. The van der Waals surface area contributed by atoms with Crippen LogP contribution in [0.25, 0.3) is 0 Å². The summed E-state index contributed by atoms with van der Waals surface area (Å²) in [6.45, 7) is 3.03. The second-order valence-electron chi connectivity index (χ2n) is 7.06. The molecule has 1 N–H and O–H groups in total. The van der Waals surface area contributed by atoms with Gasteiger partial charge >= 0.3 is 0 Å². The Labute approximate surface area is 167 Å². The number of nitrogens with zero attached hydrogens (tertiary/aromatic N) is 3. The van der Waals surface area contributed by atoms with E-state index in [1.807, 2.05) is 38.5 Å². The van der Waals surface area contributed by atoms with E-state index in [1.54, 1.807) is 0 Å². The van der Waals surface area contributed by atoms with Crippen LogP contribution < -0.4 is 10.2 Å². The van der Waals surface area contributed by atoms with E-state index in [4.69, 9.17) is 17.0 Å². The summed E-state index contributed by atoms with van der Waals surface area (Å²) in [5, 5.41) is 4.13. The predicted molar refractivity (Wildman–Crippen MR) is 114 cm³/mol. The third-order valence-electron chi connectivity index (χ3n) is 4.70. The number of thiocarbonyl (C=S) groups is 1. The highest BCUT2D eigenvalue weighted by molar-refractivity contribution is 7.80. The molecule has 3 rings (SSSR count). The Morgan fingerprint density at radius 1 is 1.19 bits per heavy atom. The summed E-state index contributed by atoms with van der Waals surface area (Å²) in [5.74, 6) is 0. The van der Waals surface area contributed by atoms with E-state index in [2.05, 4.69) is 44.4 Å². The lowest BCUT2D eigenvalue weighted by Crippen LogP contribution is -2.42. The Kier molecular flexibility index (Phi) is 7.01. The average molecular weight is 385 g/mol. The van der Waals surface area contributed by atoms with Crippen LogP contribution in [0.15, 0.2) is 48.7 Å². The first-order chi connectivity index (χ1) is 13.1. The number of aromatic nitrogens is 1. The molecule has 0 bridgehead atoms. The van der Waals surface area contributed by atoms with Gasteiger partial charge in [-0.05, 0) is 54.9 Å². The van der Waals surface area contributed by atoms with Crippen LogP contribution in [-0.4, -0.2) is 48.3 Å². The van der Waals surface area contributed by atoms with E-state index in [1.165, 1.54) is 11.3 Å². The lowest BCUT2D eigenvalue weighted by molar-refractivity contribution is 0.113. The molecule has 0 saturated carbocycles. The molecule has 2 heterocycles. The molecular weight excluding hydrogens is 356 g/mol. The first kappa shape index (κ1) is 19.6. The van der Waals surface area contributed by atoms with Gasteiger partial charge in [0.05, 0.1) is 18.3 Å². The standard InChI is InChI=1S/C21H28N4OS/c1-24(2)19-10-8-17(9-11-19)15-25(16-18-6-3-4-12-22-18)21(27)23-14-20-7-5-13-26-20/h3-4,6,8-12,20H,5,7,13-16H2,1-2H3,(H,23,27). The predicted octanol–water partition coefficient (Wildman–Crippen LogP) is 3.20. The summed E-state index contributed by atoms with van der Waals surface area (Å²) in [5.41, 5.74) is 3.41. The summed E-state index contributed by atoms with van der Waals surface area (Å²) in [4.78, 5) is 8.72. The minimum Gasteiger partial charge on any atom is -0.378 e. The highest BCUT2D eigenvalue weighted by atomic mass is 32.1. The van der Waals surface area contributed by atoms with Crippen LogP contribution in [0.4, 0.5) is 5.69 Å². The van der Waals surface area contributed by atoms with Crippen LogP contribution in [0.5, 0.6) is 0 Å². The Bertz CT molecular complexity index is 715. The van der Waals surface area contributed by atoms with Gasteiger partial charge in [0.2, 0.25) is 0 Å². The first-order valence-corrected chi connectivity index (χ1v) is 9.83. The molecule has 1 unspecified atom stereocenters. The normalized spacial score (nSPS) is 16.1. The zero-order valence-electron chi connectivity index (χ0n) is 16.1. The molecule has 0 aliphatic carbocycles. The zero-order valence-corrected chi connectivity index (χ0v) is 16.9. The van der Waals surface area contributed by atoms with Gasteiger partial charge in [-0.3, -0.25) is 4.98 Å².